The molecule has 0 aliphatic heterocycles. The van der Waals surface area contributed by atoms with Gasteiger partial charge in [0.2, 0.25) is 0 Å². The van der Waals surface area contributed by atoms with Crippen LogP contribution in [0.15, 0.2) is 0 Å². The fourth-order valence-electron chi connectivity index (χ4n) is 0.808. The molecule has 62 valence electrons. The van der Waals surface area contributed by atoms with Gasteiger partial charge in [-0.1, -0.05) is 20.8 Å². The van der Waals surface area contributed by atoms with Crippen molar-refractivity contribution in [2.45, 2.75) is 27.2 Å². The molecule has 1 atom stereocenters. The largest absolute Gasteiger partial charge is 0.481 e. The van der Waals surface area contributed by atoms with E-state index in [-0.39, 0.29) is 19.4 Å². The molecular formula is C7H16O2S. The van der Waals surface area contributed by atoms with Crippen LogP contribution in [0.4, 0.5) is 0 Å². The Balaban J connectivity index is 0. The molecule has 0 aliphatic carbocycles. The van der Waals surface area contributed by atoms with Gasteiger partial charge in [-0.2, -0.15) is 13.5 Å². The highest BCUT2D eigenvalue weighted by Gasteiger charge is 2.11. The zero-order valence-corrected chi connectivity index (χ0v) is 7.72. The van der Waals surface area contributed by atoms with E-state index in [4.69, 9.17) is 5.11 Å². The van der Waals surface area contributed by atoms with Crippen molar-refractivity contribution < 1.29 is 9.90 Å². The lowest BCUT2D eigenvalue weighted by Gasteiger charge is -2.07. The fourth-order valence-corrected chi connectivity index (χ4v) is 0.808. The summed E-state index contributed by atoms with van der Waals surface area (Å²) in [6.45, 7) is 5.79. The van der Waals surface area contributed by atoms with E-state index < -0.39 is 5.97 Å². The van der Waals surface area contributed by atoms with Gasteiger partial charge in [-0.3, -0.25) is 4.79 Å². The molecular weight excluding hydrogens is 148 g/mol. The molecule has 0 aromatic carbocycles. The van der Waals surface area contributed by atoms with E-state index in [9.17, 15) is 4.79 Å². The van der Waals surface area contributed by atoms with E-state index in [1.807, 2.05) is 13.8 Å². The van der Waals surface area contributed by atoms with Crippen LogP contribution in [0.5, 0.6) is 0 Å². The predicted octanol–water partition coefficient (Wildman–Crippen LogP) is 1.87. The Hall–Kier alpha value is -0.180. The van der Waals surface area contributed by atoms with Crippen molar-refractivity contribution in [3.63, 3.8) is 0 Å². The molecule has 0 saturated carbocycles. The average molecular weight is 164 g/mol. The Morgan fingerprint density at radius 3 is 1.90 bits per heavy atom. The Morgan fingerprint density at radius 2 is 1.80 bits per heavy atom. The molecule has 2 nitrogen and oxygen atoms in total. The fraction of sp³-hybridized carbons (Fsp3) is 0.857. The Morgan fingerprint density at radius 1 is 1.40 bits per heavy atom. The van der Waals surface area contributed by atoms with Crippen LogP contribution in [0.3, 0.4) is 0 Å². The molecule has 0 rings (SSSR count). The molecule has 0 aromatic heterocycles. The van der Waals surface area contributed by atoms with Crippen LogP contribution >= 0.6 is 13.5 Å². The molecule has 0 fully saturated rings. The highest BCUT2D eigenvalue weighted by atomic mass is 32.1. The molecule has 0 radical (unpaired) electrons. The average Bonchev–Trinajstić information content (AvgIpc) is 1.63. The van der Waals surface area contributed by atoms with Crippen molar-refractivity contribution in [1.29, 1.82) is 0 Å². The third kappa shape index (κ3) is 5.95. The molecule has 0 bridgehead atoms. The van der Waals surface area contributed by atoms with E-state index in [1.54, 1.807) is 6.92 Å². The van der Waals surface area contributed by atoms with Gasteiger partial charge in [-0.15, -0.1) is 0 Å². The van der Waals surface area contributed by atoms with E-state index in [0.29, 0.717) is 5.92 Å². The lowest BCUT2D eigenvalue weighted by molar-refractivity contribution is -0.141. The third-order valence-electron chi connectivity index (χ3n) is 1.25. The van der Waals surface area contributed by atoms with Crippen molar-refractivity contribution in [2.24, 2.45) is 11.8 Å². The van der Waals surface area contributed by atoms with E-state index in [1.165, 1.54) is 0 Å². The van der Waals surface area contributed by atoms with Crippen molar-refractivity contribution >= 4 is 19.5 Å². The van der Waals surface area contributed by atoms with Gasteiger partial charge in [0, 0.05) is 0 Å². The second-order valence-electron chi connectivity index (χ2n) is 2.87. The molecule has 10 heavy (non-hydrogen) atoms. The van der Waals surface area contributed by atoms with E-state index in [0.717, 1.165) is 6.42 Å². The summed E-state index contributed by atoms with van der Waals surface area (Å²) in [4.78, 5) is 10.2. The van der Waals surface area contributed by atoms with Gasteiger partial charge in [0.25, 0.3) is 0 Å². The molecule has 0 heterocycles. The van der Waals surface area contributed by atoms with Crippen LogP contribution in [0.1, 0.15) is 27.2 Å². The molecule has 0 amide bonds. The molecule has 0 saturated heterocycles. The summed E-state index contributed by atoms with van der Waals surface area (Å²) in [6, 6.07) is 0. The second-order valence-corrected chi connectivity index (χ2v) is 2.87. The van der Waals surface area contributed by atoms with Gasteiger partial charge in [-0.25, -0.2) is 0 Å². The summed E-state index contributed by atoms with van der Waals surface area (Å²) in [5, 5.41) is 8.43. The van der Waals surface area contributed by atoms with Crippen LogP contribution in [-0.2, 0) is 4.79 Å². The number of hydrogen-bond donors (Lipinski definition) is 1. The molecule has 0 aliphatic rings. The number of hydrogen-bond acceptors (Lipinski definition) is 1. The van der Waals surface area contributed by atoms with Gasteiger partial charge in [0.05, 0.1) is 5.92 Å². The lowest BCUT2D eigenvalue weighted by atomic mass is 9.99. The maximum atomic E-state index is 10.2. The Labute approximate surface area is 69.1 Å². The minimum absolute atomic E-state index is 0. The van der Waals surface area contributed by atoms with Gasteiger partial charge < -0.3 is 5.11 Å². The second kappa shape index (κ2) is 5.59. The van der Waals surface area contributed by atoms with Gasteiger partial charge in [-0.05, 0) is 12.3 Å². The van der Waals surface area contributed by atoms with Gasteiger partial charge in [0.15, 0.2) is 0 Å². The topological polar surface area (TPSA) is 37.3 Å². The lowest BCUT2D eigenvalue weighted by Crippen LogP contribution is -2.11. The van der Waals surface area contributed by atoms with Gasteiger partial charge >= 0.3 is 5.97 Å². The van der Waals surface area contributed by atoms with Gasteiger partial charge in [0.1, 0.15) is 0 Å². The van der Waals surface area contributed by atoms with Crippen molar-refractivity contribution in [3.8, 4) is 0 Å². The molecule has 0 aromatic rings. The van der Waals surface area contributed by atoms with Crippen LogP contribution in [0, 0.1) is 11.8 Å². The Bertz CT molecular complexity index is 102. The normalized spacial score (nSPS) is 12.4. The van der Waals surface area contributed by atoms with E-state index >= 15 is 0 Å². The van der Waals surface area contributed by atoms with Crippen molar-refractivity contribution in [2.75, 3.05) is 0 Å². The summed E-state index contributed by atoms with van der Waals surface area (Å²) in [5.74, 6) is -0.398. The summed E-state index contributed by atoms with van der Waals surface area (Å²) >= 11 is 0. The monoisotopic (exact) mass is 164 g/mol. The quantitative estimate of drug-likeness (QED) is 0.691. The Kier molecular flexibility index (Phi) is 6.99. The van der Waals surface area contributed by atoms with Crippen molar-refractivity contribution in [3.05, 3.63) is 0 Å². The minimum Gasteiger partial charge on any atom is -0.481 e. The summed E-state index contributed by atoms with van der Waals surface area (Å²) in [5.41, 5.74) is 0. The van der Waals surface area contributed by atoms with Crippen LogP contribution in [0.2, 0.25) is 0 Å². The molecule has 1 N–H and O–H groups in total. The zero-order valence-electron chi connectivity index (χ0n) is 6.72. The van der Waals surface area contributed by atoms with E-state index in [2.05, 4.69) is 0 Å². The third-order valence-corrected chi connectivity index (χ3v) is 1.25. The van der Waals surface area contributed by atoms with Crippen LogP contribution < -0.4 is 0 Å². The number of carboxylic acid groups (broad SMARTS) is 1. The first kappa shape index (κ1) is 12.5. The summed E-state index contributed by atoms with van der Waals surface area (Å²) in [7, 11) is 0. The van der Waals surface area contributed by atoms with Crippen LogP contribution in [-0.4, -0.2) is 11.1 Å². The number of aliphatic carboxylic acids is 1. The number of carboxylic acids is 1. The minimum atomic E-state index is -0.691. The SMILES string of the molecule is CC(C)C[C@H](C)C(=O)O.S. The first-order valence-corrected chi connectivity index (χ1v) is 3.26. The van der Waals surface area contributed by atoms with Crippen molar-refractivity contribution in [1.82, 2.24) is 0 Å². The first-order valence-electron chi connectivity index (χ1n) is 3.26. The smallest absolute Gasteiger partial charge is 0.306 e. The zero-order chi connectivity index (χ0) is 7.44. The number of rotatable bonds is 3. The molecule has 0 spiro atoms. The first-order chi connectivity index (χ1) is 4.04. The molecule has 0 unspecified atom stereocenters. The predicted molar refractivity (Wildman–Crippen MR) is 46.6 cm³/mol. The summed E-state index contributed by atoms with van der Waals surface area (Å²) < 4.78 is 0. The summed E-state index contributed by atoms with van der Waals surface area (Å²) in [6.07, 6.45) is 0.773. The standard InChI is InChI=1S/C7H14O2.H2S/c1-5(2)4-6(3)7(8)9;/h5-6H,4H2,1-3H3,(H,8,9);1H2/t6-;/m0./s1. The maximum absolute atomic E-state index is 10.2. The maximum Gasteiger partial charge on any atom is 0.306 e. The van der Waals surface area contributed by atoms with Crippen LogP contribution in [0.25, 0.3) is 0 Å². The molecule has 3 heteroatoms. The highest BCUT2D eigenvalue weighted by Crippen LogP contribution is 2.09. The number of carbonyl (C=O) groups is 1. The highest BCUT2D eigenvalue weighted by molar-refractivity contribution is 7.59.